The number of aromatic nitrogens is 6. The highest BCUT2D eigenvalue weighted by Gasteiger charge is 2.28. The van der Waals surface area contributed by atoms with Gasteiger partial charge in [-0.1, -0.05) is 111 Å². The van der Waals surface area contributed by atoms with Crippen LogP contribution in [0.25, 0.3) is 0 Å². The second-order valence-corrected chi connectivity index (χ2v) is 22.3. The van der Waals surface area contributed by atoms with Gasteiger partial charge in [0.1, 0.15) is 42.2 Å². The Labute approximate surface area is 510 Å². The lowest BCUT2D eigenvalue weighted by atomic mass is 10.0. The fourth-order valence-electron chi connectivity index (χ4n) is 11.3. The van der Waals surface area contributed by atoms with E-state index < -0.39 is 0 Å². The summed E-state index contributed by atoms with van der Waals surface area (Å²) < 4.78 is 38.8. The van der Waals surface area contributed by atoms with Crippen LogP contribution in [0.1, 0.15) is 73.6 Å². The van der Waals surface area contributed by atoms with Crippen LogP contribution in [0.15, 0.2) is 132 Å². The number of anilines is 5. The van der Waals surface area contributed by atoms with Gasteiger partial charge in [0.25, 0.3) is 5.56 Å². The number of rotatable bonds is 17. The Balaban J connectivity index is 0.000000147. The van der Waals surface area contributed by atoms with E-state index in [2.05, 4.69) is 100 Å². The van der Waals surface area contributed by atoms with Crippen LogP contribution in [0, 0.1) is 0 Å². The molecule has 3 aromatic heterocycles. The molecule has 19 nitrogen and oxygen atoms in total. The number of nitrogens with one attached hydrogen (secondary N) is 1. The predicted octanol–water partition coefficient (Wildman–Crippen LogP) is 10.0. The van der Waals surface area contributed by atoms with Crippen LogP contribution >= 0.6 is 11.6 Å². The Kier molecular flexibility index (Phi) is 22.9. The van der Waals surface area contributed by atoms with Gasteiger partial charge in [-0.15, -0.1) is 0 Å². The van der Waals surface area contributed by atoms with Crippen LogP contribution in [0.2, 0.25) is 5.28 Å². The minimum atomic E-state index is -0.0794. The summed E-state index contributed by atoms with van der Waals surface area (Å²) in [7, 11) is 3.32. The summed E-state index contributed by atoms with van der Waals surface area (Å²) in [5, 5.41) is 0.179. The van der Waals surface area contributed by atoms with E-state index in [-0.39, 0.29) is 10.8 Å². The Hall–Kier alpha value is -7.71. The molecule has 0 unspecified atom stereocenters. The van der Waals surface area contributed by atoms with Crippen molar-refractivity contribution in [3.05, 3.63) is 165 Å². The number of benzene rings is 4. The molecule has 86 heavy (non-hydrogen) atoms. The third-order valence-electron chi connectivity index (χ3n) is 16.1. The van der Waals surface area contributed by atoms with Crippen molar-refractivity contribution >= 4 is 41.0 Å². The molecular formula is C66H82ClN11O8. The highest BCUT2D eigenvalue weighted by molar-refractivity contribution is 6.28. The van der Waals surface area contributed by atoms with Gasteiger partial charge in [0.05, 0.1) is 53.9 Å². The van der Waals surface area contributed by atoms with Crippen LogP contribution < -0.4 is 49.0 Å². The summed E-state index contributed by atoms with van der Waals surface area (Å²) in [4.78, 5) is 49.9. The molecule has 2 atom stereocenters. The van der Waals surface area contributed by atoms with Crippen molar-refractivity contribution in [2.75, 3.05) is 131 Å². The number of aromatic amines is 1. The molecule has 1 N–H and O–H groups in total. The molecule has 0 radical (unpaired) electrons. The smallest absolute Gasteiger partial charge is 0.254 e. The zero-order valence-corrected chi connectivity index (χ0v) is 50.5. The lowest BCUT2D eigenvalue weighted by molar-refractivity contribution is 0.122. The monoisotopic (exact) mass is 1190 g/mol. The number of ether oxygens (including phenoxy) is 7. The summed E-state index contributed by atoms with van der Waals surface area (Å²) >= 11 is 6.01. The first kappa shape index (κ1) is 61.4. The summed E-state index contributed by atoms with van der Waals surface area (Å²) in [5.74, 6) is 6.64. The van der Waals surface area contributed by atoms with Gasteiger partial charge < -0.3 is 57.7 Å². The zero-order valence-electron chi connectivity index (χ0n) is 49.8. The number of methoxy groups -OCH3 is 2. The average Bonchev–Trinajstić information content (AvgIpc) is 3.74. The highest BCUT2D eigenvalue weighted by atomic mass is 35.5. The van der Waals surface area contributed by atoms with Crippen molar-refractivity contribution in [3.63, 3.8) is 0 Å². The second kappa shape index (κ2) is 32.1. The number of nitrogens with zero attached hydrogens (tertiary/aromatic N) is 10. The lowest BCUT2D eigenvalue weighted by Crippen LogP contribution is -2.41. The molecule has 5 aliphatic rings. The minimum absolute atomic E-state index is 0.0794. The summed E-state index contributed by atoms with van der Waals surface area (Å²) in [6.45, 7) is 11.7. The van der Waals surface area contributed by atoms with Crippen molar-refractivity contribution in [3.8, 4) is 23.3 Å². The van der Waals surface area contributed by atoms with Gasteiger partial charge in [-0.2, -0.15) is 19.9 Å². The molecule has 0 amide bonds. The number of hydrogen-bond donors (Lipinski definition) is 1. The van der Waals surface area contributed by atoms with E-state index in [9.17, 15) is 4.79 Å². The Morgan fingerprint density at radius 3 is 1.41 bits per heavy atom. The van der Waals surface area contributed by atoms with Crippen molar-refractivity contribution in [1.29, 1.82) is 0 Å². The van der Waals surface area contributed by atoms with Crippen LogP contribution in [0.3, 0.4) is 0 Å². The second-order valence-electron chi connectivity index (χ2n) is 22.0. The molecule has 8 heterocycles. The molecule has 0 saturated carbocycles. The average molecular weight is 1190 g/mol. The van der Waals surface area contributed by atoms with Crippen molar-refractivity contribution in [2.45, 2.75) is 89.5 Å². The van der Waals surface area contributed by atoms with E-state index >= 15 is 0 Å². The topological polar surface area (TPSA) is 178 Å². The van der Waals surface area contributed by atoms with Crippen molar-refractivity contribution in [1.82, 2.24) is 29.9 Å². The quantitative estimate of drug-likeness (QED) is 0.0851. The van der Waals surface area contributed by atoms with Gasteiger partial charge in [0, 0.05) is 82.6 Å². The molecular weight excluding hydrogens is 1110 g/mol. The Bertz CT molecular complexity index is 3190. The van der Waals surface area contributed by atoms with E-state index in [0.29, 0.717) is 82.6 Å². The molecule has 0 spiro atoms. The Morgan fingerprint density at radius 1 is 0.477 bits per heavy atom. The van der Waals surface area contributed by atoms with E-state index in [1.807, 2.05) is 54.6 Å². The molecule has 7 aromatic rings. The summed E-state index contributed by atoms with van der Waals surface area (Å²) in [6.07, 6.45) is 11.5. The Morgan fingerprint density at radius 2 is 0.919 bits per heavy atom. The number of halogens is 1. The van der Waals surface area contributed by atoms with Crippen LogP contribution in [0.5, 0.6) is 23.3 Å². The van der Waals surface area contributed by atoms with Crippen LogP contribution in [-0.4, -0.2) is 148 Å². The van der Waals surface area contributed by atoms with Crippen molar-refractivity contribution < 1.29 is 33.2 Å². The van der Waals surface area contributed by atoms with Gasteiger partial charge >= 0.3 is 0 Å². The molecule has 5 fully saturated rings. The highest BCUT2D eigenvalue weighted by Crippen LogP contribution is 2.31. The minimum Gasteiger partial charge on any atom is -0.497 e. The molecule has 5 saturated heterocycles. The zero-order chi connectivity index (χ0) is 59.1. The summed E-state index contributed by atoms with van der Waals surface area (Å²) in [6, 6.07) is 43.1. The largest absolute Gasteiger partial charge is 0.497 e. The van der Waals surface area contributed by atoms with E-state index in [1.165, 1.54) is 36.8 Å². The van der Waals surface area contributed by atoms with Gasteiger partial charge in [-0.25, -0.2) is 4.98 Å². The fourth-order valence-corrected chi connectivity index (χ4v) is 11.5. The molecule has 4 aromatic carbocycles. The molecule has 20 heteroatoms. The predicted molar refractivity (Wildman–Crippen MR) is 337 cm³/mol. The number of H-pyrrole nitrogens is 1. The maximum absolute atomic E-state index is 12.4. The normalized spacial score (nSPS) is 18.3. The first-order valence-corrected chi connectivity index (χ1v) is 30.9. The molecule has 456 valence electrons. The first-order chi connectivity index (χ1) is 42.3. The summed E-state index contributed by atoms with van der Waals surface area (Å²) in [5.41, 5.74) is 4.70. The standard InChI is InChI=1S/C29H36N4O3.C21H28N4O2.C16H18ClN3O3/c1-34-26-13-11-24(12-14-26)22-36-28-21-27(32-16-18-35-19-17-32)30-29(31-28)33-15-7-3-6-10-25(33)20-23-8-4-2-5-9-23;26-20-16-19(24-11-13-27-14-12-24)22-21(23-20)25-10-6-2-5-9-18(25)15-17-7-3-1-4-8-17;1-21-13-4-2-12(3-5-13)11-23-15-10-14(18-16(17)19-15)20-6-8-22-9-7-20/h2,4-5,8-9,11-14,21,25H,3,6-7,10,15-20,22H2,1H3;1,3-4,7-8,16,18H,2,5-6,9-15H2,(H,22,23,26);2-5,10H,6-9,11H2,1H3/t25-;18-;/m11./s1. The van der Waals surface area contributed by atoms with Gasteiger partial charge in [0.2, 0.25) is 28.9 Å². The van der Waals surface area contributed by atoms with Gasteiger partial charge in [-0.3, -0.25) is 9.78 Å². The molecule has 5 aliphatic heterocycles. The lowest BCUT2D eigenvalue weighted by Gasteiger charge is -2.32. The maximum atomic E-state index is 12.4. The molecule has 12 rings (SSSR count). The third kappa shape index (κ3) is 18.2. The van der Waals surface area contributed by atoms with Crippen LogP contribution in [0.4, 0.5) is 29.4 Å². The van der Waals surface area contributed by atoms with Gasteiger partial charge in [-0.05, 0) is 96.6 Å². The number of hydrogen-bond acceptors (Lipinski definition) is 18. The maximum Gasteiger partial charge on any atom is 0.254 e. The van der Waals surface area contributed by atoms with E-state index in [4.69, 9.17) is 59.7 Å². The SMILES string of the molecule is COc1ccc(COc2cc(N3CCOCC3)nc(Cl)n2)cc1.COc1ccc(COc2cc(N3CCOCC3)nc(N3CCCCC[C@@H]3Cc3ccccc3)n2)cc1.O=c1cc(N2CCOCC2)nc(N2CCCCC[C@@H]2Cc2ccccc2)[nH]1. The molecule has 0 bridgehead atoms. The fraction of sp³-hybridized carbons (Fsp3) is 0.455. The van der Waals surface area contributed by atoms with Crippen molar-refractivity contribution in [2.24, 2.45) is 0 Å². The van der Waals surface area contributed by atoms with Gasteiger partial charge in [0.15, 0.2) is 0 Å². The van der Waals surface area contributed by atoms with E-state index in [1.54, 1.807) is 26.4 Å². The van der Waals surface area contributed by atoms with Crippen LogP contribution in [-0.2, 0) is 40.3 Å². The number of morpholine rings is 3. The van der Waals surface area contributed by atoms with E-state index in [0.717, 1.165) is 137 Å². The first-order valence-electron chi connectivity index (χ1n) is 30.5. The molecule has 0 aliphatic carbocycles. The third-order valence-corrected chi connectivity index (χ3v) is 16.2.